The van der Waals surface area contributed by atoms with Crippen LogP contribution < -0.4 is 5.73 Å². The molecule has 0 bridgehead atoms. The van der Waals surface area contributed by atoms with Crippen molar-refractivity contribution in [3.63, 3.8) is 0 Å². The second-order valence-electron chi connectivity index (χ2n) is 4.35. The van der Waals surface area contributed by atoms with Gasteiger partial charge in [0.15, 0.2) is 5.82 Å². The van der Waals surface area contributed by atoms with Crippen molar-refractivity contribution in [2.75, 3.05) is 5.73 Å². The van der Waals surface area contributed by atoms with Crippen LogP contribution in [0.5, 0.6) is 0 Å². The first-order chi connectivity index (χ1) is 7.75. The summed E-state index contributed by atoms with van der Waals surface area (Å²) < 4.78 is 1.90. The molecule has 1 aromatic heterocycles. The molecule has 2 aromatic rings. The summed E-state index contributed by atoms with van der Waals surface area (Å²) in [6.45, 7) is 2.20. The average molecular weight is 215 g/mol. The van der Waals surface area contributed by atoms with E-state index in [1.807, 2.05) is 28.9 Å². The molecule has 1 aliphatic carbocycles. The Morgan fingerprint density at radius 1 is 1.44 bits per heavy atom. The third kappa shape index (κ3) is 1.44. The van der Waals surface area contributed by atoms with Crippen molar-refractivity contribution in [3.05, 3.63) is 24.3 Å². The molecular formula is C11H13N5. The van der Waals surface area contributed by atoms with Crippen LogP contribution in [-0.2, 0) is 0 Å². The van der Waals surface area contributed by atoms with E-state index in [0.717, 1.165) is 23.5 Å². The molecule has 0 spiro atoms. The minimum atomic E-state index is 0.450. The number of nitrogens with two attached hydrogens (primary N) is 1. The van der Waals surface area contributed by atoms with Gasteiger partial charge >= 0.3 is 0 Å². The highest BCUT2D eigenvalue weighted by atomic mass is 15.6. The third-order valence-electron chi connectivity index (χ3n) is 3.02. The maximum absolute atomic E-state index is 5.76. The highest BCUT2D eigenvalue weighted by Crippen LogP contribution is 2.43. The standard InChI is InChI=1S/C11H13N5/c1-7-5-10(7)16-11(13-14-15-16)8-3-2-4-9(12)6-8/h2-4,6-7,10H,5,12H2,1H3. The van der Waals surface area contributed by atoms with Crippen LogP contribution in [0.3, 0.4) is 0 Å². The molecule has 5 nitrogen and oxygen atoms in total. The first-order valence-electron chi connectivity index (χ1n) is 5.39. The molecule has 0 amide bonds. The molecule has 16 heavy (non-hydrogen) atoms. The first kappa shape index (κ1) is 9.33. The average Bonchev–Trinajstić information content (AvgIpc) is 2.80. The van der Waals surface area contributed by atoms with Gasteiger partial charge in [-0.25, -0.2) is 4.68 Å². The lowest BCUT2D eigenvalue weighted by atomic mass is 10.2. The third-order valence-corrected chi connectivity index (χ3v) is 3.02. The van der Waals surface area contributed by atoms with E-state index in [4.69, 9.17) is 5.73 Å². The smallest absolute Gasteiger partial charge is 0.182 e. The van der Waals surface area contributed by atoms with Crippen LogP contribution in [0.1, 0.15) is 19.4 Å². The Labute approximate surface area is 93.3 Å². The molecule has 5 heteroatoms. The second-order valence-corrected chi connectivity index (χ2v) is 4.35. The van der Waals surface area contributed by atoms with E-state index in [-0.39, 0.29) is 0 Å². The second kappa shape index (κ2) is 3.30. The highest BCUT2D eigenvalue weighted by Gasteiger charge is 2.37. The van der Waals surface area contributed by atoms with Crippen LogP contribution >= 0.6 is 0 Å². The minimum absolute atomic E-state index is 0.450. The number of aromatic nitrogens is 4. The molecule has 0 radical (unpaired) electrons. The molecule has 2 atom stereocenters. The first-order valence-corrected chi connectivity index (χ1v) is 5.39. The zero-order chi connectivity index (χ0) is 11.1. The number of tetrazole rings is 1. The topological polar surface area (TPSA) is 69.6 Å². The van der Waals surface area contributed by atoms with E-state index in [1.54, 1.807) is 0 Å². The SMILES string of the molecule is CC1CC1n1nnnc1-c1cccc(N)c1. The van der Waals surface area contributed by atoms with Crippen LogP contribution in [0.2, 0.25) is 0 Å². The van der Waals surface area contributed by atoms with Crippen molar-refractivity contribution in [1.29, 1.82) is 0 Å². The van der Waals surface area contributed by atoms with Crippen LogP contribution in [-0.4, -0.2) is 20.2 Å². The van der Waals surface area contributed by atoms with E-state index in [9.17, 15) is 0 Å². The zero-order valence-corrected chi connectivity index (χ0v) is 9.04. The lowest BCUT2D eigenvalue weighted by molar-refractivity contribution is 0.584. The van der Waals surface area contributed by atoms with Gasteiger partial charge in [-0.3, -0.25) is 0 Å². The van der Waals surface area contributed by atoms with Crippen LogP contribution in [0.4, 0.5) is 5.69 Å². The lowest BCUT2D eigenvalue weighted by Crippen LogP contribution is -2.01. The largest absolute Gasteiger partial charge is 0.399 e. The molecule has 3 rings (SSSR count). The van der Waals surface area contributed by atoms with Crippen molar-refractivity contribution >= 4 is 5.69 Å². The molecule has 0 aliphatic heterocycles. The number of nitrogen functional groups attached to an aromatic ring is 1. The molecule has 2 N–H and O–H groups in total. The summed E-state index contributed by atoms with van der Waals surface area (Å²) in [5.74, 6) is 1.48. The van der Waals surface area contributed by atoms with E-state index < -0.39 is 0 Å². The predicted octanol–water partition coefficient (Wildman–Crippen LogP) is 1.50. The number of anilines is 1. The fourth-order valence-electron chi connectivity index (χ4n) is 1.93. The summed E-state index contributed by atoms with van der Waals surface area (Å²) in [6.07, 6.45) is 1.15. The van der Waals surface area contributed by atoms with Gasteiger partial charge in [-0.2, -0.15) is 0 Å². The zero-order valence-electron chi connectivity index (χ0n) is 9.04. The van der Waals surface area contributed by atoms with Crippen molar-refractivity contribution in [3.8, 4) is 11.4 Å². The van der Waals surface area contributed by atoms with Gasteiger partial charge < -0.3 is 5.73 Å². The predicted molar refractivity (Wildman–Crippen MR) is 60.5 cm³/mol. The molecule has 1 saturated carbocycles. The van der Waals surface area contributed by atoms with Gasteiger partial charge in [-0.15, -0.1) is 5.10 Å². The number of hydrogen-bond donors (Lipinski definition) is 1. The van der Waals surface area contributed by atoms with Gasteiger partial charge in [0, 0.05) is 11.3 Å². The van der Waals surface area contributed by atoms with Crippen LogP contribution in [0.25, 0.3) is 11.4 Å². The number of rotatable bonds is 2. The van der Waals surface area contributed by atoms with E-state index in [2.05, 4.69) is 22.4 Å². The summed E-state index contributed by atoms with van der Waals surface area (Å²) in [7, 11) is 0. The summed E-state index contributed by atoms with van der Waals surface area (Å²) in [4.78, 5) is 0. The fraction of sp³-hybridized carbons (Fsp3) is 0.364. The monoisotopic (exact) mass is 215 g/mol. The van der Waals surface area contributed by atoms with Gasteiger partial charge in [0.05, 0.1) is 6.04 Å². The molecule has 1 heterocycles. The van der Waals surface area contributed by atoms with Crippen molar-refractivity contribution < 1.29 is 0 Å². The summed E-state index contributed by atoms with van der Waals surface area (Å²) >= 11 is 0. The minimum Gasteiger partial charge on any atom is -0.399 e. The summed E-state index contributed by atoms with van der Waals surface area (Å²) in [6, 6.07) is 8.10. The Balaban J connectivity index is 2.03. The highest BCUT2D eigenvalue weighted by molar-refractivity contribution is 5.60. The Bertz CT molecular complexity index is 519. The van der Waals surface area contributed by atoms with E-state index in [1.165, 1.54) is 0 Å². The van der Waals surface area contributed by atoms with E-state index >= 15 is 0 Å². The van der Waals surface area contributed by atoms with Crippen molar-refractivity contribution in [2.45, 2.75) is 19.4 Å². The maximum Gasteiger partial charge on any atom is 0.182 e. The van der Waals surface area contributed by atoms with Gasteiger partial charge in [-0.1, -0.05) is 19.1 Å². The molecular weight excluding hydrogens is 202 g/mol. The van der Waals surface area contributed by atoms with Crippen LogP contribution in [0, 0.1) is 5.92 Å². The van der Waals surface area contributed by atoms with Gasteiger partial charge in [-0.05, 0) is 34.9 Å². The summed E-state index contributed by atoms with van der Waals surface area (Å²) in [5, 5.41) is 11.9. The van der Waals surface area contributed by atoms with Gasteiger partial charge in [0.1, 0.15) is 0 Å². The quantitative estimate of drug-likeness (QED) is 0.771. The molecule has 1 aliphatic rings. The maximum atomic E-state index is 5.76. The van der Waals surface area contributed by atoms with Crippen LogP contribution in [0.15, 0.2) is 24.3 Å². The molecule has 2 unspecified atom stereocenters. The number of hydrogen-bond acceptors (Lipinski definition) is 4. The molecule has 1 aromatic carbocycles. The molecule has 82 valence electrons. The van der Waals surface area contributed by atoms with Gasteiger partial charge in [0.25, 0.3) is 0 Å². The number of nitrogens with zero attached hydrogens (tertiary/aromatic N) is 4. The Morgan fingerprint density at radius 3 is 2.94 bits per heavy atom. The fourth-order valence-corrected chi connectivity index (χ4v) is 1.93. The summed E-state index contributed by atoms with van der Waals surface area (Å²) in [5.41, 5.74) is 7.46. The molecule has 0 saturated heterocycles. The lowest BCUT2D eigenvalue weighted by Gasteiger charge is -2.03. The Hall–Kier alpha value is -1.91. The van der Waals surface area contributed by atoms with Gasteiger partial charge in [0.2, 0.25) is 0 Å². The normalized spacial score (nSPS) is 23.3. The number of benzene rings is 1. The van der Waals surface area contributed by atoms with E-state index in [0.29, 0.717) is 12.0 Å². The Morgan fingerprint density at radius 2 is 2.25 bits per heavy atom. The molecule has 1 fully saturated rings. The van der Waals surface area contributed by atoms with Crippen molar-refractivity contribution in [2.24, 2.45) is 5.92 Å². The Kier molecular flexibility index (Phi) is 1.92. The van der Waals surface area contributed by atoms with Crippen molar-refractivity contribution in [1.82, 2.24) is 20.2 Å².